The molecular weight excluding hydrogens is 396 g/mol. The molecule has 2 aliphatic heterocycles. The molecule has 0 radical (unpaired) electrons. The largest absolute Gasteiger partial charge is 0.454 e. The van der Waals surface area contributed by atoms with Crippen molar-refractivity contribution in [3.05, 3.63) is 53.6 Å². The third-order valence-corrected chi connectivity index (χ3v) is 6.93. The van der Waals surface area contributed by atoms with Crippen LogP contribution in [0.4, 0.5) is 0 Å². The number of hydrogen-bond donors (Lipinski definition) is 0. The van der Waals surface area contributed by atoms with Crippen molar-refractivity contribution in [2.24, 2.45) is 0 Å². The van der Waals surface area contributed by atoms with E-state index in [0.717, 1.165) is 0 Å². The maximum absolute atomic E-state index is 12.9. The molecule has 0 spiro atoms. The molecule has 0 atom stereocenters. The quantitative estimate of drug-likeness (QED) is 0.705. The fraction of sp³-hybridized carbons (Fsp3) is 0.300. The Labute approximate surface area is 168 Å². The van der Waals surface area contributed by atoms with Crippen LogP contribution in [0.25, 0.3) is 0 Å². The second-order valence-corrected chi connectivity index (χ2v) is 8.76. The number of rotatable bonds is 4. The molecule has 2 aromatic rings. The van der Waals surface area contributed by atoms with Crippen LogP contribution in [-0.4, -0.2) is 62.3 Å². The molecule has 4 rings (SSSR count). The van der Waals surface area contributed by atoms with Crippen molar-refractivity contribution in [2.75, 3.05) is 33.0 Å². The summed E-state index contributed by atoms with van der Waals surface area (Å²) in [5.74, 6) is 0.540. The standard InChI is InChI=1S/C20H20N2O6S/c1-14(23)15-4-2-5-16(12-15)29(25,26)22-10-8-21(9-11-22)20(24)17-6-3-7-18-19(17)28-13-27-18/h2-7,12H,8-11,13H2,1H3. The SMILES string of the molecule is CC(=O)c1cccc(S(=O)(=O)N2CCN(C(=O)c3cccc4c3OCO4)CC2)c1. The molecule has 0 bridgehead atoms. The lowest BCUT2D eigenvalue weighted by Gasteiger charge is -2.34. The van der Waals surface area contributed by atoms with Gasteiger partial charge in [0.25, 0.3) is 5.91 Å². The van der Waals surface area contributed by atoms with Crippen LogP contribution in [-0.2, 0) is 10.0 Å². The van der Waals surface area contributed by atoms with E-state index in [1.165, 1.54) is 23.4 Å². The molecule has 8 nitrogen and oxygen atoms in total. The molecular formula is C20H20N2O6S. The lowest BCUT2D eigenvalue weighted by Crippen LogP contribution is -2.50. The lowest BCUT2D eigenvalue weighted by atomic mass is 10.1. The summed E-state index contributed by atoms with van der Waals surface area (Å²) >= 11 is 0. The summed E-state index contributed by atoms with van der Waals surface area (Å²) in [7, 11) is -3.74. The molecule has 2 heterocycles. The Morgan fingerprint density at radius 2 is 1.69 bits per heavy atom. The molecule has 1 amide bonds. The third kappa shape index (κ3) is 3.58. The molecule has 2 aromatic carbocycles. The van der Waals surface area contributed by atoms with Crippen LogP contribution in [0.2, 0.25) is 0 Å². The molecule has 0 aliphatic carbocycles. The maximum atomic E-state index is 12.9. The van der Waals surface area contributed by atoms with E-state index in [4.69, 9.17) is 9.47 Å². The van der Waals surface area contributed by atoms with Gasteiger partial charge in [-0.25, -0.2) is 8.42 Å². The fourth-order valence-electron chi connectivity index (χ4n) is 3.43. The lowest BCUT2D eigenvalue weighted by molar-refractivity contribution is 0.0693. The number of hydrogen-bond acceptors (Lipinski definition) is 6. The topological polar surface area (TPSA) is 93.2 Å². The number of carbonyl (C=O) groups is 2. The van der Waals surface area contributed by atoms with Gasteiger partial charge in [0, 0.05) is 31.7 Å². The summed E-state index contributed by atoms with van der Waals surface area (Å²) in [4.78, 5) is 26.1. The Hall–Kier alpha value is -2.91. The number of nitrogens with zero attached hydrogens (tertiary/aromatic N) is 2. The van der Waals surface area contributed by atoms with E-state index in [1.54, 1.807) is 35.2 Å². The van der Waals surface area contributed by atoms with Crippen molar-refractivity contribution in [1.29, 1.82) is 0 Å². The summed E-state index contributed by atoms with van der Waals surface area (Å²) in [6.07, 6.45) is 0. The Bertz CT molecular complexity index is 1070. The van der Waals surface area contributed by atoms with Crippen LogP contribution < -0.4 is 9.47 Å². The number of amides is 1. The number of benzene rings is 2. The van der Waals surface area contributed by atoms with Gasteiger partial charge in [0.1, 0.15) is 0 Å². The Morgan fingerprint density at radius 1 is 0.966 bits per heavy atom. The minimum Gasteiger partial charge on any atom is -0.454 e. The summed E-state index contributed by atoms with van der Waals surface area (Å²) in [6.45, 7) is 2.33. The van der Waals surface area contributed by atoms with Crippen LogP contribution in [0.1, 0.15) is 27.6 Å². The maximum Gasteiger partial charge on any atom is 0.257 e. The van der Waals surface area contributed by atoms with E-state index >= 15 is 0 Å². The molecule has 1 saturated heterocycles. The molecule has 9 heteroatoms. The van der Waals surface area contributed by atoms with Gasteiger partial charge in [0.2, 0.25) is 16.8 Å². The van der Waals surface area contributed by atoms with E-state index in [2.05, 4.69) is 0 Å². The number of ether oxygens (including phenoxy) is 2. The average Bonchev–Trinajstić information content (AvgIpc) is 3.22. The highest BCUT2D eigenvalue weighted by molar-refractivity contribution is 7.89. The van der Waals surface area contributed by atoms with Gasteiger partial charge < -0.3 is 14.4 Å². The zero-order valence-electron chi connectivity index (χ0n) is 15.8. The van der Waals surface area contributed by atoms with E-state index in [9.17, 15) is 18.0 Å². The fourth-order valence-corrected chi connectivity index (χ4v) is 4.89. The van der Waals surface area contributed by atoms with Crippen LogP contribution in [0, 0.1) is 0 Å². The summed E-state index contributed by atoms with van der Waals surface area (Å²) in [6, 6.07) is 11.1. The van der Waals surface area contributed by atoms with Gasteiger partial charge in [-0.2, -0.15) is 4.31 Å². The number of sulfonamides is 1. The zero-order valence-corrected chi connectivity index (χ0v) is 16.6. The first kappa shape index (κ1) is 19.4. The average molecular weight is 416 g/mol. The smallest absolute Gasteiger partial charge is 0.257 e. The molecule has 0 unspecified atom stereocenters. The van der Waals surface area contributed by atoms with Crippen molar-refractivity contribution in [3.63, 3.8) is 0 Å². The third-order valence-electron chi connectivity index (χ3n) is 5.03. The monoisotopic (exact) mass is 416 g/mol. The molecule has 152 valence electrons. The van der Waals surface area contributed by atoms with Crippen molar-refractivity contribution >= 4 is 21.7 Å². The second kappa shape index (κ2) is 7.49. The van der Waals surface area contributed by atoms with Crippen LogP contribution >= 0.6 is 0 Å². The molecule has 0 saturated carbocycles. The summed E-state index contributed by atoms with van der Waals surface area (Å²) in [5.41, 5.74) is 0.755. The van der Waals surface area contributed by atoms with Crippen LogP contribution in [0.3, 0.4) is 0 Å². The first-order valence-electron chi connectivity index (χ1n) is 9.17. The van der Waals surface area contributed by atoms with Gasteiger partial charge in [0.05, 0.1) is 10.5 Å². The molecule has 1 fully saturated rings. The first-order chi connectivity index (χ1) is 13.9. The van der Waals surface area contributed by atoms with Gasteiger partial charge in [-0.1, -0.05) is 18.2 Å². The van der Waals surface area contributed by atoms with Crippen LogP contribution in [0.15, 0.2) is 47.4 Å². The number of fused-ring (bicyclic) bond motifs is 1. The van der Waals surface area contributed by atoms with Gasteiger partial charge in [-0.15, -0.1) is 0 Å². The number of ketones is 1. The zero-order chi connectivity index (χ0) is 20.6. The van der Waals surface area contributed by atoms with Gasteiger partial charge in [-0.3, -0.25) is 9.59 Å². The number of Topliss-reactive ketones (excluding diaryl/α,β-unsaturated/α-hetero) is 1. The Morgan fingerprint density at radius 3 is 2.41 bits per heavy atom. The molecule has 2 aliphatic rings. The molecule has 0 N–H and O–H groups in total. The van der Waals surface area contributed by atoms with Gasteiger partial charge >= 0.3 is 0 Å². The number of para-hydroxylation sites is 1. The number of piperazine rings is 1. The van der Waals surface area contributed by atoms with Crippen molar-refractivity contribution < 1.29 is 27.5 Å². The minimum atomic E-state index is -3.74. The number of carbonyl (C=O) groups excluding carboxylic acids is 2. The van der Waals surface area contributed by atoms with E-state index < -0.39 is 10.0 Å². The second-order valence-electron chi connectivity index (χ2n) is 6.82. The van der Waals surface area contributed by atoms with Gasteiger partial charge in [-0.05, 0) is 31.2 Å². The predicted molar refractivity (Wildman–Crippen MR) is 104 cm³/mol. The summed E-state index contributed by atoms with van der Waals surface area (Å²) < 4.78 is 37.9. The van der Waals surface area contributed by atoms with Crippen molar-refractivity contribution in [1.82, 2.24) is 9.21 Å². The van der Waals surface area contributed by atoms with E-state index in [0.29, 0.717) is 22.6 Å². The Balaban J connectivity index is 1.48. The minimum absolute atomic E-state index is 0.0744. The molecule has 0 aromatic heterocycles. The normalized spacial score (nSPS) is 16.7. The Kier molecular flexibility index (Phi) is 5.01. The summed E-state index contributed by atoms with van der Waals surface area (Å²) in [5, 5.41) is 0. The molecule has 29 heavy (non-hydrogen) atoms. The van der Waals surface area contributed by atoms with E-state index in [-0.39, 0.29) is 49.6 Å². The van der Waals surface area contributed by atoms with E-state index in [1.807, 2.05) is 0 Å². The van der Waals surface area contributed by atoms with Gasteiger partial charge in [0.15, 0.2) is 17.3 Å². The highest BCUT2D eigenvalue weighted by Crippen LogP contribution is 2.36. The van der Waals surface area contributed by atoms with Crippen molar-refractivity contribution in [2.45, 2.75) is 11.8 Å². The highest BCUT2D eigenvalue weighted by atomic mass is 32.2. The first-order valence-corrected chi connectivity index (χ1v) is 10.6. The predicted octanol–water partition coefficient (Wildman–Crippen LogP) is 1.76. The van der Waals surface area contributed by atoms with Crippen LogP contribution in [0.5, 0.6) is 11.5 Å². The highest BCUT2D eigenvalue weighted by Gasteiger charge is 2.32. The van der Waals surface area contributed by atoms with Crippen molar-refractivity contribution in [3.8, 4) is 11.5 Å².